The second-order valence-electron chi connectivity index (χ2n) is 7.36. The lowest BCUT2D eigenvalue weighted by molar-refractivity contribution is -0.384. The van der Waals surface area contributed by atoms with Crippen molar-refractivity contribution in [2.75, 3.05) is 33.4 Å². The van der Waals surface area contributed by atoms with Crippen LogP contribution in [0, 0.1) is 10.1 Å². The Bertz CT molecular complexity index is 825. The average molecular weight is 416 g/mol. The normalized spacial score (nSPS) is 17.1. The van der Waals surface area contributed by atoms with Crippen LogP contribution in [0.1, 0.15) is 18.4 Å². The molecule has 8 nitrogen and oxygen atoms in total. The molecule has 30 heavy (non-hydrogen) atoms. The molecule has 0 saturated carbocycles. The van der Waals surface area contributed by atoms with Crippen molar-refractivity contribution in [1.82, 2.24) is 4.90 Å². The van der Waals surface area contributed by atoms with Crippen LogP contribution in [0.4, 0.5) is 5.69 Å². The summed E-state index contributed by atoms with van der Waals surface area (Å²) in [5.74, 6) is 1.16. The first-order chi connectivity index (χ1) is 14.5. The van der Waals surface area contributed by atoms with E-state index in [0.29, 0.717) is 25.4 Å². The first-order valence-electron chi connectivity index (χ1n) is 10.1. The Kier molecular flexibility index (Phi) is 8.01. The Morgan fingerprint density at radius 1 is 1.30 bits per heavy atom. The SMILES string of the molecule is COc1ccccc1CN(CC(O)COc1cccc([N+](=O)[O-])c1)CC1CCCO1. The van der Waals surface area contributed by atoms with Gasteiger partial charge in [0.15, 0.2) is 0 Å². The summed E-state index contributed by atoms with van der Waals surface area (Å²) in [4.78, 5) is 12.6. The predicted molar refractivity (Wildman–Crippen MR) is 112 cm³/mol. The minimum absolute atomic E-state index is 0.0368. The van der Waals surface area contributed by atoms with Crippen LogP contribution >= 0.6 is 0 Å². The summed E-state index contributed by atoms with van der Waals surface area (Å²) in [5, 5.41) is 21.5. The monoisotopic (exact) mass is 416 g/mol. The largest absolute Gasteiger partial charge is 0.496 e. The Morgan fingerprint density at radius 3 is 2.87 bits per heavy atom. The van der Waals surface area contributed by atoms with Gasteiger partial charge in [-0.25, -0.2) is 0 Å². The molecular weight excluding hydrogens is 388 g/mol. The standard InChI is InChI=1S/C22H28N2O6/c1-28-22-10-3-2-6-17(22)13-23(15-21-9-5-11-29-21)14-19(25)16-30-20-8-4-7-18(12-20)24(26)27/h2-4,6-8,10,12,19,21,25H,5,9,11,13-16H2,1H3. The topological polar surface area (TPSA) is 94.3 Å². The molecule has 2 atom stereocenters. The minimum atomic E-state index is -0.764. The maximum absolute atomic E-state index is 10.9. The van der Waals surface area contributed by atoms with Crippen molar-refractivity contribution in [3.8, 4) is 11.5 Å². The van der Waals surface area contributed by atoms with Crippen LogP contribution in [0.25, 0.3) is 0 Å². The maximum atomic E-state index is 10.9. The van der Waals surface area contributed by atoms with E-state index in [4.69, 9.17) is 14.2 Å². The number of hydrogen-bond donors (Lipinski definition) is 1. The maximum Gasteiger partial charge on any atom is 0.273 e. The molecule has 1 fully saturated rings. The summed E-state index contributed by atoms with van der Waals surface area (Å²) < 4.78 is 16.8. The van der Waals surface area contributed by atoms with Gasteiger partial charge in [-0.05, 0) is 25.0 Å². The van der Waals surface area contributed by atoms with Crippen molar-refractivity contribution in [2.45, 2.75) is 31.6 Å². The van der Waals surface area contributed by atoms with Crippen molar-refractivity contribution >= 4 is 5.69 Å². The quantitative estimate of drug-likeness (QED) is 0.444. The molecule has 8 heteroatoms. The summed E-state index contributed by atoms with van der Waals surface area (Å²) in [6.45, 7) is 2.50. The van der Waals surface area contributed by atoms with Gasteiger partial charge in [0.2, 0.25) is 0 Å². The van der Waals surface area contributed by atoms with Crippen molar-refractivity contribution in [1.29, 1.82) is 0 Å². The number of non-ortho nitro benzene ring substituents is 1. The molecule has 1 aliphatic rings. The molecule has 1 saturated heterocycles. The van der Waals surface area contributed by atoms with Crippen LogP contribution in [0.2, 0.25) is 0 Å². The van der Waals surface area contributed by atoms with Crippen molar-refractivity contribution in [2.24, 2.45) is 0 Å². The molecule has 0 amide bonds. The van der Waals surface area contributed by atoms with Gasteiger partial charge in [-0.2, -0.15) is 0 Å². The van der Waals surface area contributed by atoms with Crippen molar-refractivity contribution in [3.05, 3.63) is 64.2 Å². The molecule has 0 bridgehead atoms. The van der Waals surface area contributed by atoms with Gasteiger partial charge >= 0.3 is 0 Å². The highest BCUT2D eigenvalue weighted by molar-refractivity contribution is 5.38. The molecule has 1 N–H and O–H groups in total. The zero-order chi connectivity index (χ0) is 21.3. The third kappa shape index (κ3) is 6.41. The molecule has 0 aromatic heterocycles. The van der Waals surface area contributed by atoms with Crippen LogP contribution in [0.15, 0.2) is 48.5 Å². The lowest BCUT2D eigenvalue weighted by Gasteiger charge is -2.28. The number of hydrogen-bond acceptors (Lipinski definition) is 7. The number of methoxy groups -OCH3 is 1. The smallest absolute Gasteiger partial charge is 0.273 e. The summed E-state index contributed by atoms with van der Waals surface area (Å²) >= 11 is 0. The molecule has 0 aliphatic carbocycles. The molecule has 3 rings (SSSR count). The predicted octanol–water partition coefficient (Wildman–Crippen LogP) is 3.02. The van der Waals surface area contributed by atoms with E-state index in [1.807, 2.05) is 24.3 Å². The van der Waals surface area contributed by atoms with E-state index in [-0.39, 0.29) is 18.4 Å². The van der Waals surface area contributed by atoms with Gasteiger partial charge in [-0.15, -0.1) is 0 Å². The molecule has 0 spiro atoms. The van der Waals surface area contributed by atoms with Crippen LogP contribution < -0.4 is 9.47 Å². The third-order valence-corrected chi connectivity index (χ3v) is 5.01. The van der Waals surface area contributed by atoms with Gasteiger partial charge in [0, 0.05) is 37.9 Å². The lowest BCUT2D eigenvalue weighted by Crippen LogP contribution is -2.39. The summed E-state index contributed by atoms with van der Waals surface area (Å²) in [6.07, 6.45) is 1.43. The Balaban J connectivity index is 1.61. The highest BCUT2D eigenvalue weighted by Gasteiger charge is 2.22. The zero-order valence-corrected chi connectivity index (χ0v) is 17.1. The van der Waals surface area contributed by atoms with E-state index >= 15 is 0 Å². The van der Waals surface area contributed by atoms with E-state index in [2.05, 4.69) is 4.90 Å². The summed E-state index contributed by atoms with van der Waals surface area (Å²) in [6, 6.07) is 13.8. The molecular formula is C22H28N2O6. The second kappa shape index (κ2) is 10.9. The number of benzene rings is 2. The number of nitrogens with zero attached hydrogens (tertiary/aromatic N) is 2. The number of aliphatic hydroxyl groups is 1. The third-order valence-electron chi connectivity index (χ3n) is 5.01. The number of para-hydroxylation sites is 1. The fraction of sp³-hybridized carbons (Fsp3) is 0.455. The fourth-order valence-corrected chi connectivity index (χ4v) is 3.58. The van der Waals surface area contributed by atoms with Crippen LogP contribution in [-0.4, -0.2) is 60.6 Å². The zero-order valence-electron chi connectivity index (χ0n) is 17.1. The molecule has 2 aromatic carbocycles. The minimum Gasteiger partial charge on any atom is -0.496 e. The number of ether oxygens (including phenoxy) is 3. The lowest BCUT2D eigenvalue weighted by atomic mass is 10.1. The summed E-state index contributed by atoms with van der Waals surface area (Å²) in [5.41, 5.74) is 0.989. The van der Waals surface area contributed by atoms with Gasteiger partial charge in [-0.1, -0.05) is 24.3 Å². The highest BCUT2D eigenvalue weighted by Crippen LogP contribution is 2.22. The van der Waals surface area contributed by atoms with E-state index in [1.165, 1.54) is 12.1 Å². The van der Waals surface area contributed by atoms with Gasteiger partial charge in [0.05, 0.1) is 24.2 Å². The van der Waals surface area contributed by atoms with Gasteiger partial charge < -0.3 is 19.3 Å². The molecule has 162 valence electrons. The van der Waals surface area contributed by atoms with Crippen LogP contribution in [-0.2, 0) is 11.3 Å². The van der Waals surface area contributed by atoms with Gasteiger partial charge in [-0.3, -0.25) is 15.0 Å². The molecule has 1 aliphatic heterocycles. The average Bonchev–Trinajstić information content (AvgIpc) is 3.26. The second-order valence-corrected chi connectivity index (χ2v) is 7.36. The van der Waals surface area contributed by atoms with E-state index < -0.39 is 11.0 Å². The van der Waals surface area contributed by atoms with Crippen molar-refractivity contribution in [3.63, 3.8) is 0 Å². The number of aliphatic hydroxyl groups excluding tert-OH is 1. The fourth-order valence-electron chi connectivity index (χ4n) is 3.58. The number of nitro benzene ring substituents is 1. The Labute approximate surface area is 176 Å². The molecule has 1 heterocycles. The summed E-state index contributed by atoms with van der Waals surface area (Å²) in [7, 11) is 1.64. The van der Waals surface area contributed by atoms with Crippen LogP contribution in [0.5, 0.6) is 11.5 Å². The van der Waals surface area contributed by atoms with Crippen molar-refractivity contribution < 1.29 is 24.2 Å². The van der Waals surface area contributed by atoms with E-state index in [9.17, 15) is 15.2 Å². The van der Waals surface area contributed by atoms with Gasteiger partial charge in [0.1, 0.15) is 24.2 Å². The van der Waals surface area contributed by atoms with E-state index in [1.54, 1.807) is 19.2 Å². The Morgan fingerprint density at radius 2 is 2.13 bits per heavy atom. The van der Waals surface area contributed by atoms with Gasteiger partial charge in [0.25, 0.3) is 5.69 Å². The molecule has 2 aromatic rings. The number of nitro groups is 1. The van der Waals surface area contributed by atoms with Crippen LogP contribution in [0.3, 0.4) is 0 Å². The first kappa shape index (κ1) is 22.0. The number of rotatable bonds is 11. The molecule has 2 unspecified atom stereocenters. The first-order valence-corrected chi connectivity index (χ1v) is 10.1. The Hall–Kier alpha value is -2.68. The highest BCUT2D eigenvalue weighted by atomic mass is 16.6. The molecule has 0 radical (unpaired) electrons. The van der Waals surface area contributed by atoms with E-state index in [0.717, 1.165) is 30.8 Å².